The largest absolute Gasteiger partial charge is 0.508 e. The molecule has 2 N–H and O–H groups in total. The van der Waals surface area contributed by atoms with Crippen LogP contribution in [0.1, 0.15) is 29.7 Å². The van der Waals surface area contributed by atoms with Gasteiger partial charge in [0.05, 0.1) is 18.2 Å². The monoisotopic (exact) mass is 430 g/mol. The van der Waals surface area contributed by atoms with Crippen molar-refractivity contribution in [2.24, 2.45) is 0 Å². The number of carbonyl (C=O) groups is 2. The van der Waals surface area contributed by atoms with Gasteiger partial charge in [-0.25, -0.2) is 0 Å². The molecule has 0 spiro atoms. The Bertz CT molecular complexity index is 1190. The Balaban J connectivity index is 1.85. The normalized spacial score (nSPS) is 17.5. The number of likely N-dealkylation sites (tertiary alicyclic amines) is 1. The first kappa shape index (κ1) is 21.1. The molecule has 2 heterocycles. The number of ether oxygens (including phenoxy) is 1. The molecule has 4 rings (SSSR count). The Hall–Kier alpha value is -4.13. The van der Waals surface area contributed by atoms with E-state index < -0.39 is 17.7 Å². The van der Waals surface area contributed by atoms with E-state index in [1.54, 1.807) is 60.9 Å². The van der Waals surface area contributed by atoms with Crippen molar-refractivity contribution in [3.8, 4) is 11.5 Å². The number of rotatable bonds is 6. The molecule has 0 aliphatic carbocycles. The van der Waals surface area contributed by atoms with Crippen molar-refractivity contribution in [1.29, 1.82) is 0 Å². The van der Waals surface area contributed by atoms with Gasteiger partial charge in [-0.15, -0.1) is 0 Å². The van der Waals surface area contributed by atoms with E-state index in [1.165, 1.54) is 17.0 Å². The summed E-state index contributed by atoms with van der Waals surface area (Å²) in [6.07, 6.45) is 3.24. The van der Waals surface area contributed by atoms with Crippen molar-refractivity contribution in [2.75, 3.05) is 6.61 Å². The van der Waals surface area contributed by atoms with Gasteiger partial charge in [0.15, 0.2) is 0 Å². The minimum Gasteiger partial charge on any atom is -0.508 e. The van der Waals surface area contributed by atoms with Crippen LogP contribution in [-0.4, -0.2) is 38.4 Å². The number of aromatic hydroxyl groups is 1. The van der Waals surface area contributed by atoms with Gasteiger partial charge in [0.25, 0.3) is 11.7 Å². The van der Waals surface area contributed by atoms with Crippen LogP contribution in [0.15, 0.2) is 78.6 Å². The number of ketones is 1. The molecule has 2 aromatic carbocycles. The molecule has 1 aliphatic rings. The first-order valence-corrected chi connectivity index (χ1v) is 10.2. The van der Waals surface area contributed by atoms with E-state index in [-0.39, 0.29) is 23.6 Å². The van der Waals surface area contributed by atoms with Gasteiger partial charge in [0.1, 0.15) is 17.3 Å². The van der Waals surface area contributed by atoms with Gasteiger partial charge in [-0.05, 0) is 48.4 Å². The molecule has 7 nitrogen and oxygen atoms in total. The molecule has 1 amide bonds. The summed E-state index contributed by atoms with van der Waals surface area (Å²) in [7, 11) is 0. The van der Waals surface area contributed by atoms with E-state index in [0.29, 0.717) is 23.5 Å². The number of benzene rings is 2. The SMILES string of the molecule is CCOc1cccc(C(O)=C2C(=O)C(=O)N(Cc3cccnc3)C2c2cccc(O)c2)c1. The molecule has 1 fully saturated rings. The van der Waals surface area contributed by atoms with Crippen LogP contribution in [0.25, 0.3) is 5.76 Å². The summed E-state index contributed by atoms with van der Waals surface area (Å²) in [4.78, 5) is 31.6. The molecular weight excluding hydrogens is 408 g/mol. The van der Waals surface area contributed by atoms with Gasteiger partial charge in [-0.2, -0.15) is 0 Å². The van der Waals surface area contributed by atoms with Crippen LogP contribution in [0.3, 0.4) is 0 Å². The molecule has 1 unspecified atom stereocenters. The Labute approximate surface area is 185 Å². The molecule has 162 valence electrons. The highest BCUT2D eigenvalue weighted by atomic mass is 16.5. The number of aromatic nitrogens is 1. The predicted molar refractivity (Wildman–Crippen MR) is 118 cm³/mol. The van der Waals surface area contributed by atoms with Gasteiger partial charge in [0, 0.05) is 24.5 Å². The van der Waals surface area contributed by atoms with Gasteiger partial charge in [-0.1, -0.05) is 30.3 Å². The molecule has 1 saturated heterocycles. The average Bonchev–Trinajstić information content (AvgIpc) is 3.05. The Morgan fingerprint density at radius 2 is 1.91 bits per heavy atom. The van der Waals surface area contributed by atoms with Crippen LogP contribution in [-0.2, 0) is 16.1 Å². The lowest BCUT2D eigenvalue weighted by molar-refractivity contribution is -0.140. The standard InChI is InChI=1S/C25H22N2O5/c1-2-32-20-10-4-8-18(13-20)23(29)21-22(17-7-3-9-19(28)12-17)27(25(31)24(21)30)15-16-6-5-11-26-14-16/h3-14,22,28-29H,2,15H2,1H3. The van der Waals surface area contributed by atoms with Crippen molar-refractivity contribution in [3.05, 3.63) is 95.3 Å². The van der Waals surface area contributed by atoms with Crippen LogP contribution >= 0.6 is 0 Å². The molecule has 1 aromatic heterocycles. The van der Waals surface area contributed by atoms with E-state index in [4.69, 9.17) is 4.74 Å². The third-order valence-electron chi connectivity index (χ3n) is 5.22. The number of carbonyl (C=O) groups excluding carboxylic acids is 2. The summed E-state index contributed by atoms with van der Waals surface area (Å²) in [5.41, 5.74) is 1.56. The average molecular weight is 430 g/mol. The number of Topliss-reactive ketones (excluding diaryl/α,β-unsaturated/α-hetero) is 1. The second-order valence-corrected chi connectivity index (χ2v) is 7.34. The lowest BCUT2D eigenvalue weighted by atomic mass is 9.95. The van der Waals surface area contributed by atoms with Crippen molar-refractivity contribution in [3.63, 3.8) is 0 Å². The minimum atomic E-state index is -0.877. The lowest BCUT2D eigenvalue weighted by Gasteiger charge is -2.25. The fraction of sp³-hybridized carbons (Fsp3) is 0.160. The number of hydrogen-bond donors (Lipinski definition) is 2. The summed E-state index contributed by atoms with van der Waals surface area (Å²) in [6, 6.07) is 15.7. The first-order valence-electron chi connectivity index (χ1n) is 10.2. The van der Waals surface area contributed by atoms with Crippen LogP contribution in [0.4, 0.5) is 0 Å². The second-order valence-electron chi connectivity index (χ2n) is 7.34. The zero-order valence-corrected chi connectivity index (χ0v) is 17.4. The number of phenolic OH excluding ortho intramolecular Hbond substituents is 1. The van der Waals surface area contributed by atoms with Crippen LogP contribution in [0.2, 0.25) is 0 Å². The van der Waals surface area contributed by atoms with Gasteiger partial charge in [-0.3, -0.25) is 14.6 Å². The van der Waals surface area contributed by atoms with Gasteiger partial charge >= 0.3 is 0 Å². The van der Waals surface area contributed by atoms with E-state index in [0.717, 1.165) is 5.56 Å². The third-order valence-corrected chi connectivity index (χ3v) is 5.22. The summed E-state index contributed by atoms with van der Waals surface area (Å²) >= 11 is 0. The topological polar surface area (TPSA) is 100.0 Å². The van der Waals surface area contributed by atoms with E-state index in [9.17, 15) is 19.8 Å². The van der Waals surface area contributed by atoms with E-state index in [1.807, 2.05) is 6.92 Å². The Morgan fingerprint density at radius 3 is 2.62 bits per heavy atom. The van der Waals surface area contributed by atoms with Crippen molar-refractivity contribution < 1.29 is 24.5 Å². The molecule has 1 atom stereocenters. The summed E-state index contributed by atoms with van der Waals surface area (Å²) < 4.78 is 5.50. The van der Waals surface area contributed by atoms with E-state index in [2.05, 4.69) is 4.98 Å². The number of phenols is 1. The first-order chi connectivity index (χ1) is 15.5. The maximum Gasteiger partial charge on any atom is 0.295 e. The highest BCUT2D eigenvalue weighted by Crippen LogP contribution is 2.41. The number of hydrogen-bond acceptors (Lipinski definition) is 6. The highest BCUT2D eigenvalue weighted by molar-refractivity contribution is 6.46. The van der Waals surface area contributed by atoms with Crippen LogP contribution in [0.5, 0.6) is 11.5 Å². The molecule has 0 radical (unpaired) electrons. The number of amides is 1. The zero-order valence-electron chi connectivity index (χ0n) is 17.4. The number of pyridine rings is 1. The van der Waals surface area contributed by atoms with Crippen molar-refractivity contribution >= 4 is 17.4 Å². The predicted octanol–water partition coefficient (Wildman–Crippen LogP) is 3.81. The van der Waals surface area contributed by atoms with Crippen LogP contribution in [0, 0.1) is 0 Å². The maximum atomic E-state index is 13.1. The molecule has 7 heteroatoms. The Morgan fingerprint density at radius 1 is 1.09 bits per heavy atom. The molecule has 3 aromatic rings. The van der Waals surface area contributed by atoms with Crippen molar-refractivity contribution in [2.45, 2.75) is 19.5 Å². The van der Waals surface area contributed by atoms with Crippen LogP contribution < -0.4 is 4.74 Å². The smallest absolute Gasteiger partial charge is 0.295 e. The molecule has 0 saturated carbocycles. The zero-order chi connectivity index (χ0) is 22.7. The maximum absolute atomic E-state index is 13.1. The summed E-state index contributed by atoms with van der Waals surface area (Å²) in [6.45, 7) is 2.41. The molecule has 32 heavy (non-hydrogen) atoms. The highest BCUT2D eigenvalue weighted by Gasteiger charge is 2.46. The fourth-order valence-corrected chi connectivity index (χ4v) is 3.83. The second kappa shape index (κ2) is 8.93. The Kier molecular flexibility index (Phi) is 5.89. The number of aliphatic hydroxyl groups is 1. The molecule has 0 bridgehead atoms. The quantitative estimate of drug-likeness (QED) is 0.350. The number of nitrogens with zero attached hydrogens (tertiary/aromatic N) is 2. The summed E-state index contributed by atoms with van der Waals surface area (Å²) in [5.74, 6) is -1.29. The number of aliphatic hydroxyl groups excluding tert-OH is 1. The molecule has 1 aliphatic heterocycles. The minimum absolute atomic E-state index is 0.00666. The third kappa shape index (κ3) is 4.05. The van der Waals surface area contributed by atoms with Crippen molar-refractivity contribution in [1.82, 2.24) is 9.88 Å². The fourth-order valence-electron chi connectivity index (χ4n) is 3.83. The molecular formula is C25H22N2O5. The van der Waals surface area contributed by atoms with Gasteiger partial charge < -0.3 is 19.8 Å². The lowest BCUT2D eigenvalue weighted by Crippen LogP contribution is -2.29. The van der Waals surface area contributed by atoms with Gasteiger partial charge in [0.2, 0.25) is 0 Å². The van der Waals surface area contributed by atoms with E-state index >= 15 is 0 Å². The summed E-state index contributed by atoms with van der Waals surface area (Å²) in [5, 5.41) is 21.2.